The number of nitrogens with one attached hydrogen (secondary N) is 4. The Bertz CT molecular complexity index is 2630. The molecule has 4 atom stereocenters. The molecule has 8 rings (SSSR count). The molecule has 0 spiro atoms. The van der Waals surface area contributed by atoms with Crippen LogP contribution in [0.25, 0.3) is 44.7 Å². The zero-order chi connectivity index (χ0) is 43.3. The van der Waals surface area contributed by atoms with E-state index in [1.807, 2.05) is 30.3 Å². The van der Waals surface area contributed by atoms with Gasteiger partial charge in [0.1, 0.15) is 29.5 Å². The minimum atomic E-state index is -0.939. The molecule has 3 aromatic carbocycles. The molecule has 4 amide bonds. The van der Waals surface area contributed by atoms with Crippen LogP contribution in [0.4, 0.5) is 14.0 Å². The Kier molecular flexibility index (Phi) is 12.1. The molecule has 318 valence electrons. The lowest BCUT2D eigenvalue weighted by molar-refractivity contribution is -0.135. The number of likely N-dealkylation sites (tertiary alicyclic amines) is 2. The first-order valence-electron chi connectivity index (χ1n) is 20.4. The Hall–Kier alpha value is -7.36. The van der Waals surface area contributed by atoms with Gasteiger partial charge in [0.05, 0.1) is 61.3 Å². The molecule has 2 aliphatic heterocycles. The maximum atomic E-state index is 15.9. The zero-order valence-electron chi connectivity index (χ0n) is 34.3. The third kappa shape index (κ3) is 8.48. The van der Waals surface area contributed by atoms with E-state index in [1.165, 1.54) is 20.3 Å². The van der Waals surface area contributed by atoms with Crippen LogP contribution in [0.15, 0.2) is 104 Å². The largest absolute Gasteiger partial charge is 0.453 e. The highest BCUT2D eigenvalue weighted by atomic mass is 19.1. The van der Waals surface area contributed by atoms with Crippen molar-refractivity contribution in [1.82, 2.24) is 45.4 Å². The van der Waals surface area contributed by atoms with E-state index < -0.39 is 30.1 Å². The minimum absolute atomic E-state index is 0.225. The van der Waals surface area contributed by atoms with Gasteiger partial charge in [0.2, 0.25) is 5.91 Å². The first kappa shape index (κ1) is 41.4. The number of hydrogen-bond acceptors (Lipinski definition) is 9. The lowest BCUT2D eigenvalue weighted by Crippen LogP contribution is -2.48. The second kappa shape index (κ2) is 18.1. The van der Waals surface area contributed by atoms with Crippen LogP contribution >= 0.6 is 0 Å². The molecule has 0 bridgehead atoms. The molecule has 0 unspecified atom stereocenters. The van der Waals surface area contributed by atoms with Crippen LogP contribution in [0.1, 0.15) is 67.4 Å². The van der Waals surface area contributed by atoms with Gasteiger partial charge in [-0.15, -0.1) is 6.58 Å². The SMILES string of the molecule is C=CC[C@H](NC(=O)OC)C(=O)N1CCC[C@H]1c1ncc(-c2ccc3nc(-c4ccc(-c5cnc([C@@H]6CCCN6C(=O)[C@H](NC(=O)OC)c6ccccc6)[nH]5)cc4F)ccc3c2)[nH]1. The molecule has 2 fully saturated rings. The highest BCUT2D eigenvalue weighted by Gasteiger charge is 2.38. The van der Waals surface area contributed by atoms with Crippen molar-refractivity contribution in [3.8, 4) is 33.8 Å². The second-order valence-corrected chi connectivity index (χ2v) is 15.2. The average Bonchev–Trinajstić information content (AvgIpc) is 4.15. The number of H-pyrrole nitrogens is 2. The Morgan fingerprint density at radius 3 is 2.05 bits per heavy atom. The molecule has 0 radical (unpaired) electrons. The van der Waals surface area contributed by atoms with E-state index in [9.17, 15) is 19.2 Å². The molecule has 3 aromatic heterocycles. The molecule has 5 heterocycles. The van der Waals surface area contributed by atoms with E-state index in [4.69, 9.17) is 14.5 Å². The van der Waals surface area contributed by atoms with Crippen molar-refractivity contribution in [1.29, 1.82) is 0 Å². The number of ether oxygens (including phenoxy) is 2. The van der Waals surface area contributed by atoms with Gasteiger partial charge < -0.3 is 39.9 Å². The van der Waals surface area contributed by atoms with Crippen LogP contribution in [0.3, 0.4) is 0 Å². The molecule has 16 heteroatoms. The highest BCUT2D eigenvalue weighted by molar-refractivity contribution is 5.88. The number of aromatic nitrogens is 5. The summed E-state index contributed by atoms with van der Waals surface area (Å²) >= 11 is 0. The predicted molar refractivity (Wildman–Crippen MR) is 229 cm³/mol. The van der Waals surface area contributed by atoms with E-state index in [2.05, 4.69) is 37.1 Å². The second-order valence-electron chi connectivity index (χ2n) is 15.2. The minimum Gasteiger partial charge on any atom is -0.453 e. The van der Waals surface area contributed by atoms with Gasteiger partial charge in [0.15, 0.2) is 0 Å². The third-order valence-corrected chi connectivity index (χ3v) is 11.5. The van der Waals surface area contributed by atoms with Crippen molar-refractivity contribution in [3.05, 3.63) is 127 Å². The Labute approximate surface area is 356 Å². The number of carbonyl (C=O) groups excluding carboxylic acids is 4. The number of amides is 4. The molecular weight excluding hydrogens is 794 g/mol. The van der Waals surface area contributed by atoms with Crippen molar-refractivity contribution in [2.75, 3.05) is 27.3 Å². The lowest BCUT2D eigenvalue weighted by Gasteiger charge is -2.28. The summed E-state index contributed by atoms with van der Waals surface area (Å²) in [6, 6.07) is 21.0. The summed E-state index contributed by atoms with van der Waals surface area (Å²) in [5.74, 6) is 0.258. The summed E-state index contributed by atoms with van der Waals surface area (Å²) in [7, 11) is 2.51. The molecular formula is C46H46FN9O6. The summed E-state index contributed by atoms with van der Waals surface area (Å²) in [5, 5.41) is 6.13. The third-order valence-electron chi connectivity index (χ3n) is 11.5. The summed E-state index contributed by atoms with van der Waals surface area (Å²) in [4.78, 5) is 75.7. The van der Waals surface area contributed by atoms with Gasteiger partial charge in [-0.2, -0.15) is 0 Å². The molecule has 2 saturated heterocycles. The molecule has 4 N–H and O–H groups in total. The number of pyridine rings is 1. The number of benzene rings is 3. The Morgan fingerprint density at radius 2 is 1.42 bits per heavy atom. The van der Waals surface area contributed by atoms with Gasteiger partial charge in [-0.1, -0.05) is 54.6 Å². The van der Waals surface area contributed by atoms with Crippen LogP contribution in [-0.4, -0.2) is 92.1 Å². The van der Waals surface area contributed by atoms with Gasteiger partial charge in [0.25, 0.3) is 5.91 Å². The number of halogens is 1. The van der Waals surface area contributed by atoms with E-state index >= 15 is 4.39 Å². The van der Waals surface area contributed by atoms with Crippen LogP contribution in [0.5, 0.6) is 0 Å². The molecule has 2 aliphatic rings. The van der Waals surface area contributed by atoms with Crippen LogP contribution in [-0.2, 0) is 19.1 Å². The van der Waals surface area contributed by atoms with Crippen LogP contribution in [0.2, 0.25) is 0 Å². The number of alkyl carbamates (subject to hydrolysis) is 2. The van der Waals surface area contributed by atoms with Gasteiger partial charge in [0, 0.05) is 35.2 Å². The fourth-order valence-electron chi connectivity index (χ4n) is 8.33. The van der Waals surface area contributed by atoms with E-state index in [1.54, 1.807) is 70.7 Å². The van der Waals surface area contributed by atoms with Crippen LogP contribution < -0.4 is 10.6 Å². The van der Waals surface area contributed by atoms with E-state index in [0.717, 1.165) is 35.9 Å². The maximum Gasteiger partial charge on any atom is 0.407 e. The number of methoxy groups -OCH3 is 2. The zero-order valence-corrected chi connectivity index (χ0v) is 34.3. The van der Waals surface area contributed by atoms with Gasteiger partial charge in [-0.3, -0.25) is 9.59 Å². The predicted octanol–water partition coefficient (Wildman–Crippen LogP) is 7.55. The van der Waals surface area contributed by atoms with Crippen molar-refractivity contribution in [2.24, 2.45) is 0 Å². The maximum absolute atomic E-state index is 15.9. The summed E-state index contributed by atoms with van der Waals surface area (Å²) < 4.78 is 25.4. The van der Waals surface area contributed by atoms with Crippen molar-refractivity contribution in [3.63, 3.8) is 0 Å². The smallest absolute Gasteiger partial charge is 0.407 e. The number of carbonyl (C=O) groups is 4. The molecule has 62 heavy (non-hydrogen) atoms. The number of rotatable bonds is 12. The first-order chi connectivity index (χ1) is 30.1. The molecule has 0 saturated carbocycles. The normalized spacial score (nSPS) is 17.1. The highest BCUT2D eigenvalue weighted by Crippen LogP contribution is 2.36. The number of imidazole rings is 2. The average molecular weight is 840 g/mol. The van der Waals surface area contributed by atoms with Crippen molar-refractivity contribution < 1.29 is 33.0 Å². The fourth-order valence-corrected chi connectivity index (χ4v) is 8.33. The monoisotopic (exact) mass is 839 g/mol. The Morgan fingerprint density at radius 1 is 0.806 bits per heavy atom. The quantitative estimate of drug-likeness (QED) is 0.0903. The summed E-state index contributed by atoms with van der Waals surface area (Å²) in [5.41, 5.74) is 4.93. The molecule has 6 aromatic rings. The lowest BCUT2D eigenvalue weighted by atomic mass is 10.0. The molecule has 15 nitrogen and oxygen atoms in total. The Balaban J connectivity index is 0.959. The molecule has 0 aliphatic carbocycles. The fraction of sp³-hybridized carbons (Fsp3) is 0.283. The number of hydrogen-bond donors (Lipinski definition) is 4. The summed E-state index contributed by atoms with van der Waals surface area (Å²) in [6.45, 7) is 4.74. The van der Waals surface area contributed by atoms with Gasteiger partial charge >= 0.3 is 12.2 Å². The van der Waals surface area contributed by atoms with Gasteiger partial charge in [-0.05, 0) is 68.0 Å². The number of nitrogens with zero attached hydrogens (tertiary/aromatic N) is 5. The van der Waals surface area contributed by atoms with Gasteiger partial charge in [-0.25, -0.2) is 28.9 Å². The standard InChI is InChI=1S/C46H46FN9O6/c1-4-10-35(53-45(59)61-2)43(57)55-21-8-13-38(55)41-48-25-36(51-41)29-16-19-33-28(23-29)17-20-34(50-33)31-18-15-30(24-32(31)47)37-26-49-42(52-37)39-14-9-22-56(39)44(58)40(54-46(60)62-3)27-11-6-5-7-12-27/h4-7,11-12,15-20,23-26,35,38-40H,1,8-10,13-14,21-22H2,2-3H3,(H,48,51)(H,49,52)(H,53,59)(H,54,60)/t35-,38-,39-,40+/m0/s1. The van der Waals surface area contributed by atoms with Crippen LogP contribution in [0, 0.1) is 5.82 Å². The van der Waals surface area contributed by atoms with Crippen molar-refractivity contribution in [2.45, 2.75) is 56.3 Å². The van der Waals surface area contributed by atoms with Crippen molar-refractivity contribution >= 4 is 34.9 Å². The first-order valence-corrected chi connectivity index (χ1v) is 20.4. The van der Waals surface area contributed by atoms with E-state index in [0.29, 0.717) is 64.8 Å². The number of aromatic amines is 2. The number of fused-ring (bicyclic) bond motifs is 1. The topological polar surface area (TPSA) is 188 Å². The van der Waals surface area contributed by atoms with E-state index in [-0.39, 0.29) is 30.3 Å². The summed E-state index contributed by atoms with van der Waals surface area (Å²) in [6.07, 6.45) is 6.76.